The van der Waals surface area contributed by atoms with Crippen LogP contribution in [-0.4, -0.2) is 48.3 Å². The van der Waals surface area contributed by atoms with E-state index in [0.29, 0.717) is 33.9 Å². The molecule has 0 unspecified atom stereocenters. The highest BCUT2D eigenvalue weighted by molar-refractivity contribution is 6.36. The molecule has 3 rings (SSSR count). The molecular weight excluding hydrogens is 347 g/mol. The summed E-state index contributed by atoms with van der Waals surface area (Å²) in [5.41, 5.74) is 0.683. The topological polar surface area (TPSA) is 40.6 Å². The molecule has 2 aliphatic rings. The van der Waals surface area contributed by atoms with Crippen LogP contribution in [0.5, 0.6) is 0 Å². The molecular formula is C18H22Cl2N2O2. The molecule has 0 N–H and O–H groups in total. The molecule has 4 nitrogen and oxygen atoms in total. The normalized spacial score (nSPS) is 26.4. The van der Waals surface area contributed by atoms with Crippen molar-refractivity contribution < 1.29 is 9.59 Å². The second-order valence-electron chi connectivity index (χ2n) is 7.01. The van der Waals surface area contributed by atoms with Gasteiger partial charge < -0.3 is 9.80 Å². The number of likely N-dealkylation sites (N-methyl/N-ethyl adjacent to an activating group) is 1. The maximum absolute atomic E-state index is 12.7. The average Bonchev–Trinajstić information content (AvgIpc) is 2.93. The lowest BCUT2D eigenvalue weighted by atomic mass is 9.88. The highest BCUT2D eigenvalue weighted by Crippen LogP contribution is 2.40. The van der Waals surface area contributed by atoms with Gasteiger partial charge in [0.2, 0.25) is 11.8 Å². The van der Waals surface area contributed by atoms with Crippen molar-refractivity contribution in [2.45, 2.75) is 31.7 Å². The molecule has 0 bridgehead atoms. The molecule has 3 atom stereocenters. The number of hydrogen-bond donors (Lipinski definition) is 0. The van der Waals surface area contributed by atoms with E-state index in [1.807, 2.05) is 23.9 Å². The number of piperidine rings is 1. The number of nitrogens with zero attached hydrogens (tertiary/aromatic N) is 2. The van der Waals surface area contributed by atoms with Crippen LogP contribution >= 0.6 is 23.2 Å². The third-order valence-electron chi connectivity index (χ3n) is 5.52. The first-order valence-corrected chi connectivity index (χ1v) is 9.05. The lowest BCUT2D eigenvalue weighted by Gasteiger charge is -2.31. The van der Waals surface area contributed by atoms with E-state index in [2.05, 4.69) is 0 Å². The quantitative estimate of drug-likeness (QED) is 0.821. The molecule has 1 saturated carbocycles. The Morgan fingerprint density at radius 1 is 1.25 bits per heavy atom. The van der Waals surface area contributed by atoms with Crippen LogP contribution in [0.2, 0.25) is 10.0 Å². The molecule has 2 amide bonds. The van der Waals surface area contributed by atoms with Crippen molar-refractivity contribution in [3.05, 3.63) is 33.8 Å². The first-order valence-electron chi connectivity index (χ1n) is 8.29. The van der Waals surface area contributed by atoms with Gasteiger partial charge in [-0.05, 0) is 42.4 Å². The number of hydrogen-bond acceptors (Lipinski definition) is 2. The third-order valence-corrected chi connectivity index (χ3v) is 6.23. The van der Waals surface area contributed by atoms with Crippen molar-refractivity contribution in [3.63, 3.8) is 0 Å². The first kappa shape index (κ1) is 17.6. The summed E-state index contributed by atoms with van der Waals surface area (Å²) in [6.45, 7) is 0.804. The van der Waals surface area contributed by atoms with E-state index in [0.717, 1.165) is 19.4 Å². The van der Waals surface area contributed by atoms with E-state index in [1.165, 1.54) is 0 Å². The summed E-state index contributed by atoms with van der Waals surface area (Å²) in [6.07, 6.45) is 2.68. The monoisotopic (exact) mass is 368 g/mol. The predicted molar refractivity (Wildman–Crippen MR) is 95.2 cm³/mol. The number of likely N-dealkylation sites (tertiary alicyclic amines) is 1. The molecule has 0 aromatic heterocycles. The lowest BCUT2D eigenvalue weighted by molar-refractivity contribution is -0.135. The zero-order chi connectivity index (χ0) is 17.4. The van der Waals surface area contributed by atoms with Gasteiger partial charge in [0.1, 0.15) is 0 Å². The van der Waals surface area contributed by atoms with Crippen molar-refractivity contribution in [1.29, 1.82) is 0 Å². The summed E-state index contributed by atoms with van der Waals surface area (Å²) in [5.74, 6) is 1.14. The predicted octanol–water partition coefficient (Wildman–Crippen LogP) is 3.25. The molecule has 1 aliphatic heterocycles. The Morgan fingerprint density at radius 2 is 1.88 bits per heavy atom. The second-order valence-corrected chi connectivity index (χ2v) is 7.82. The summed E-state index contributed by atoms with van der Waals surface area (Å²) < 4.78 is 0. The Morgan fingerprint density at radius 3 is 2.54 bits per heavy atom. The summed E-state index contributed by atoms with van der Waals surface area (Å²) in [7, 11) is 3.71. The van der Waals surface area contributed by atoms with Crippen LogP contribution in [-0.2, 0) is 16.0 Å². The van der Waals surface area contributed by atoms with Gasteiger partial charge in [-0.2, -0.15) is 0 Å². The van der Waals surface area contributed by atoms with Gasteiger partial charge >= 0.3 is 0 Å². The van der Waals surface area contributed by atoms with Crippen molar-refractivity contribution in [1.82, 2.24) is 9.80 Å². The van der Waals surface area contributed by atoms with Crippen LogP contribution in [0.1, 0.15) is 24.8 Å². The maximum atomic E-state index is 12.7. The van der Waals surface area contributed by atoms with E-state index in [9.17, 15) is 9.59 Å². The fraction of sp³-hybridized carbons (Fsp3) is 0.556. The molecule has 24 heavy (non-hydrogen) atoms. The zero-order valence-electron chi connectivity index (χ0n) is 14.0. The van der Waals surface area contributed by atoms with Gasteiger partial charge in [0.25, 0.3) is 0 Å². The number of carbonyl (C=O) groups is 2. The molecule has 2 fully saturated rings. The molecule has 1 aromatic carbocycles. The highest BCUT2D eigenvalue weighted by atomic mass is 35.5. The van der Waals surface area contributed by atoms with E-state index < -0.39 is 0 Å². The lowest BCUT2D eigenvalue weighted by Crippen LogP contribution is -2.40. The van der Waals surface area contributed by atoms with E-state index in [4.69, 9.17) is 23.2 Å². The van der Waals surface area contributed by atoms with E-state index in [-0.39, 0.29) is 24.3 Å². The number of halogens is 2. The molecule has 130 valence electrons. The Hall–Kier alpha value is -1.26. The number of benzene rings is 1. The van der Waals surface area contributed by atoms with Crippen LogP contribution in [0.25, 0.3) is 0 Å². The van der Waals surface area contributed by atoms with Gasteiger partial charge in [0.05, 0.1) is 6.42 Å². The fourth-order valence-corrected chi connectivity index (χ4v) is 4.52. The summed E-state index contributed by atoms with van der Waals surface area (Å²) in [5, 5.41) is 1.05. The Labute approximate surface area is 152 Å². The van der Waals surface area contributed by atoms with E-state index in [1.54, 1.807) is 18.2 Å². The Balaban J connectivity index is 1.66. The molecule has 1 saturated heterocycles. The molecule has 1 aromatic rings. The van der Waals surface area contributed by atoms with Crippen LogP contribution in [0.15, 0.2) is 18.2 Å². The van der Waals surface area contributed by atoms with Crippen LogP contribution in [0.3, 0.4) is 0 Å². The maximum Gasteiger partial charge on any atom is 0.227 e. The van der Waals surface area contributed by atoms with Gasteiger partial charge in [0.15, 0.2) is 0 Å². The minimum atomic E-state index is 0.0216. The molecule has 0 radical (unpaired) electrons. The zero-order valence-corrected chi connectivity index (χ0v) is 15.5. The van der Waals surface area contributed by atoms with Gasteiger partial charge in [-0.1, -0.05) is 29.3 Å². The number of fused-ring (bicyclic) bond motifs is 1. The Kier molecular flexibility index (Phi) is 5.07. The van der Waals surface area contributed by atoms with Crippen LogP contribution in [0.4, 0.5) is 0 Å². The summed E-state index contributed by atoms with van der Waals surface area (Å²) in [4.78, 5) is 28.2. The molecule has 1 aliphatic carbocycles. The average molecular weight is 369 g/mol. The minimum Gasteiger partial charge on any atom is -0.345 e. The molecule has 0 spiro atoms. The summed E-state index contributed by atoms with van der Waals surface area (Å²) in [6, 6.07) is 5.47. The van der Waals surface area contributed by atoms with Gasteiger partial charge in [-0.25, -0.2) is 0 Å². The van der Waals surface area contributed by atoms with Gasteiger partial charge in [-0.15, -0.1) is 0 Å². The van der Waals surface area contributed by atoms with Crippen LogP contribution < -0.4 is 0 Å². The smallest absolute Gasteiger partial charge is 0.227 e. The van der Waals surface area contributed by atoms with Crippen molar-refractivity contribution >= 4 is 35.0 Å². The highest BCUT2D eigenvalue weighted by Gasteiger charge is 2.42. The standard InChI is InChI=1S/C18H22Cl2N2O2/c1-21-10-12-7-13(6-11(12)8-17(21)23)22(2)18(24)9-14-15(19)4-3-5-16(14)20/h3-5,11-13H,6-10H2,1-2H3/t11-,12+,13-/m1/s1. The van der Waals surface area contributed by atoms with Crippen molar-refractivity contribution in [2.24, 2.45) is 11.8 Å². The number of amides is 2. The number of carbonyl (C=O) groups excluding carboxylic acids is 2. The number of rotatable bonds is 3. The third kappa shape index (κ3) is 3.40. The Bertz CT molecular complexity index is 644. The van der Waals surface area contributed by atoms with Crippen LogP contribution in [0, 0.1) is 11.8 Å². The van der Waals surface area contributed by atoms with Gasteiger partial charge in [0, 0.05) is 43.1 Å². The largest absolute Gasteiger partial charge is 0.345 e. The van der Waals surface area contributed by atoms with Crippen molar-refractivity contribution in [2.75, 3.05) is 20.6 Å². The second kappa shape index (κ2) is 6.93. The molecule has 6 heteroatoms. The summed E-state index contributed by atoms with van der Waals surface area (Å²) >= 11 is 12.3. The molecule has 1 heterocycles. The minimum absolute atomic E-state index is 0.0216. The fourth-order valence-electron chi connectivity index (χ4n) is 3.98. The first-order chi connectivity index (χ1) is 11.4. The van der Waals surface area contributed by atoms with Gasteiger partial charge in [-0.3, -0.25) is 9.59 Å². The van der Waals surface area contributed by atoms with Crippen molar-refractivity contribution in [3.8, 4) is 0 Å². The SMILES string of the molecule is CN1C[C@@H]2C[C@H](N(C)C(=O)Cc3c(Cl)cccc3Cl)C[C@@H]2CC1=O. The van der Waals surface area contributed by atoms with E-state index >= 15 is 0 Å².